The molecule has 0 bridgehead atoms. The number of sulfonamides is 1. The molecule has 0 spiro atoms. The Kier molecular flexibility index (Phi) is 5.27. The highest BCUT2D eigenvalue weighted by atomic mass is 32.2. The molecule has 0 fully saturated rings. The summed E-state index contributed by atoms with van der Waals surface area (Å²) >= 11 is 0. The average molecular weight is 367 g/mol. The standard InChI is InChI=1S/C18H22FNO4S/c1-18(2,3)14-8-6-12(10-15(14)19)20-25(21,22)17-11-13(23-4)7-9-16(17)24-5/h6-11,20H,1-5H3. The predicted molar refractivity (Wildman–Crippen MR) is 95.5 cm³/mol. The van der Waals surface area contributed by atoms with Crippen LogP contribution in [-0.4, -0.2) is 22.6 Å². The van der Waals surface area contributed by atoms with Crippen molar-refractivity contribution in [3.8, 4) is 11.5 Å². The monoisotopic (exact) mass is 367 g/mol. The summed E-state index contributed by atoms with van der Waals surface area (Å²) in [6.07, 6.45) is 0. The quantitative estimate of drug-likeness (QED) is 0.869. The minimum absolute atomic E-state index is 0.0883. The van der Waals surface area contributed by atoms with Crippen molar-refractivity contribution in [2.75, 3.05) is 18.9 Å². The molecule has 25 heavy (non-hydrogen) atoms. The Bertz CT molecular complexity index is 873. The molecule has 0 amide bonds. The normalized spacial score (nSPS) is 11.9. The largest absolute Gasteiger partial charge is 0.497 e. The van der Waals surface area contributed by atoms with Gasteiger partial charge in [0.15, 0.2) is 0 Å². The number of nitrogens with one attached hydrogen (secondary N) is 1. The number of ether oxygens (including phenoxy) is 2. The van der Waals surface area contributed by atoms with Crippen molar-refractivity contribution >= 4 is 15.7 Å². The fourth-order valence-corrected chi connectivity index (χ4v) is 3.63. The van der Waals surface area contributed by atoms with Crippen LogP contribution in [-0.2, 0) is 15.4 Å². The molecule has 0 saturated heterocycles. The molecule has 0 aromatic heterocycles. The number of halogens is 1. The van der Waals surface area contributed by atoms with Crippen LogP contribution in [0, 0.1) is 5.82 Å². The Morgan fingerprint density at radius 3 is 2.20 bits per heavy atom. The van der Waals surface area contributed by atoms with E-state index in [4.69, 9.17) is 9.47 Å². The third-order valence-electron chi connectivity index (χ3n) is 3.69. The highest BCUT2D eigenvalue weighted by molar-refractivity contribution is 7.92. The molecular formula is C18H22FNO4S. The second-order valence-corrected chi connectivity index (χ2v) is 8.22. The highest BCUT2D eigenvalue weighted by Crippen LogP contribution is 2.31. The second kappa shape index (κ2) is 6.92. The molecule has 0 heterocycles. The first-order valence-electron chi connectivity index (χ1n) is 7.63. The van der Waals surface area contributed by atoms with Gasteiger partial charge in [0.05, 0.1) is 19.9 Å². The first kappa shape index (κ1) is 19.1. The minimum Gasteiger partial charge on any atom is -0.497 e. The number of rotatable bonds is 5. The number of hydrogen-bond acceptors (Lipinski definition) is 4. The number of hydrogen-bond donors (Lipinski definition) is 1. The second-order valence-electron chi connectivity index (χ2n) is 6.57. The molecule has 0 unspecified atom stereocenters. The summed E-state index contributed by atoms with van der Waals surface area (Å²) in [5.74, 6) is 0.0702. The third kappa shape index (κ3) is 4.22. The lowest BCUT2D eigenvalue weighted by molar-refractivity contribution is 0.392. The van der Waals surface area contributed by atoms with Gasteiger partial charge in [0.25, 0.3) is 10.0 Å². The van der Waals surface area contributed by atoms with E-state index in [1.807, 2.05) is 20.8 Å². The maximum Gasteiger partial charge on any atom is 0.265 e. The Balaban J connectivity index is 2.41. The zero-order valence-electron chi connectivity index (χ0n) is 14.9. The van der Waals surface area contributed by atoms with Gasteiger partial charge in [0.2, 0.25) is 0 Å². The SMILES string of the molecule is COc1ccc(OC)c(S(=O)(=O)Nc2ccc(C(C)(C)C)c(F)c2)c1. The van der Waals surface area contributed by atoms with Crippen LogP contribution < -0.4 is 14.2 Å². The fourth-order valence-electron chi connectivity index (χ4n) is 2.39. The van der Waals surface area contributed by atoms with E-state index in [0.29, 0.717) is 11.3 Å². The Labute approximate surface area is 147 Å². The Morgan fingerprint density at radius 2 is 1.68 bits per heavy atom. The van der Waals surface area contributed by atoms with Gasteiger partial charge < -0.3 is 9.47 Å². The summed E-state index contributed by atoms with van der Waals surface area (Å²) in [5.41, 5.74) is 0.266. The predicted octanol–water partition coefficient (Wildman–Crippen LogP) is 3.94. The van der Waals surface area contributed by atoms with Crippen molar-refractivity contribution in [2.24, 2.45) is 0 Å². The zero-order chi connectivity index (χ0) is 18.8. The summed E-state index contributed by atoms with van der Waals surface area (Å²) in [5, 5.41) is 0. The molecule has 2 aromatic carbocycles. The van der Waals surface area contributed by atoms with Crippen LogP contribution in [0.2, 0.25) is 0 Å². The van der Waals surface area contributed by atoms with Gasteiger partial charge in [0, 0.05) is 6.07 Å². The van der Waals surface area contributed by atoms with E-state index in [1.165, 1.54) is 38.5 Å². The van der Waals surface area contributed by atoms with E-state index >= 15 is 0 Å². The molecule has 136 valence electrons. The van der Waals surface area contributed by atoms with Crippen molar-refractivity contribution in [1.29, 1.82) is 0 Å². The Hall–Kier alpha value is -2.28. The van der Waals surface area contributed by atoms with E-state index in [0.717, 1.165) is 0 Å². The van der Waals surface area contributed by atoms with Gasteiger partial charge in [-0.15, -0.1) is 0 Å². The molecule has 0 aliphatic rings. The molecule has 0 atom stereocenters. The van der Waals surface area contributed by atoms with Gasteiger partial charge in [-0.3, -0.25) is 4.72 Å². The van der Waals surface area contributed by atoms with E-state index in [-0.39, 0.29) is 21.7 Å². The minimum atomic E-state index is -3.98. The molecule has 2 rings (SSSR count). The summed E-state index contributed by atoms with van der Waals surface area (Å²) < 4.78 is 52.2. The van der Waals surface area contributed by atoms with Gasteiger partial charge in [-0.1, -0.05) is 26.8 Å². The number of benzene rings is 2. The molecule has 0 aliphatic heterocycles. The smallest absolute Gasteiger partial charge is 0.265 e. The van der Waals surface area contributed by atoms with Crippen molar-refractivity contribution in [3.63, 3.8) is 0 Å². The number of methoxy groups -OCH3 is 2. The lowest BCUT2D eigenvalue weighted by Gasteiger charge is -2.20. The van der Waals surface area contributed by atoms with Gasteiger partial charge in [-0.2, -0.15) is 0 Å². The maximum atomic E-state index is 14.3. The van der Waals surface area contributed by atoms with Gasteiger partial charge in [-0.05, 0) is 35.2 Å². The highest BCUT2D eigenvalue weighted by Gasteiger charge is 2.23. The van der Waals surface area contributed by atoms with Crippen LogP contribution in [0.3, 0.4) is 0 Å². The lowest BCUT2D eigenvalue weighted by Crippen LogP contribution is -2.16. The first-order valence-corrected chi connectivity index (χ1v) is 9.11. The van der Waals surface area contributed by atoms with E-state index in [1.54, 1.807) is 12.1 Å². The van der Waals surface area contributed by atoms with E-state index in [2.05, 4.69) is 4.72 Å². The molecule has 7 heteroatoms. The number of anilines is 1. The van der Waals surface area contributed by atoms with Crippen LogP contribution in [0.5, 0.6) is 11.5 Å². The molecule has 1 N–H and O–H groups in total. The molecule has 5 nitrogen and oxygen atoms in total. The zero-order valence-corrected chi connectivity index (χ0v) is 15.7. The van der Waals surface area contributed by atoms with Crippen LogP contribution >= 0.6 is 0 Å². The summed E-state index contributed by atoms with van der Waals surface area (Å²) in [6, 6.07) is 8.72. The molecule has 0 radical (unpaired) electrons. The topological polar surface area (TPSA) is 64.6 Å². The first-order chi connectivity index (χ1) is 11.6. The van der Waals surface area contributed by atoms with Crippen molar-refractivity contribution in [1.82, 2.24) is 0 Å². The van der Waals surface area contributed by atoms with Crippen molar-refractivity contribution in [3.05, 3.63) is 47.8 Å². The Morgan fingerprint density at radius 1 is 1.00 bits per heavy atom. The van der Waals surface area contributed by atoms with Gasteiger partial charge >= 0.3 is 0 Å². The molecule has 0 aliphatic carbocycles. The maximum absolute atomic E-state index is 14.3. The summed E-state index contributed by atoms with van der Waals surface area (Å²) in [4.78, 5) is -0.0883. The summed E-state index contributed by atoms with van der Waals surface area (Å²) in [6.45, 7) is 5.66. The third-order valence-corrected chi connectivity index (χ3v) is 5.09. The van der Waals surface area contributed by atoms with Gasteiger partial charge in [-0.25, -0.2) is 12.8 Å². The van der Waals surface area contributed by atoms with Crippen molar-refractivity contribution < 1.29 is 22.3 Å². The van der Waals surface area contributed by atoms with Crippen LogP contribution in [0.4, 0.5) is 10.1 Å². The van der Waals surface area contributed by atoms with E-state index < -0.39 is 15.8 Å². The van der Waals surface area contributed by atoms with Gasteiger partial charge in [0.1, 0.15) is 22.2 Å². The fraction of sp³-hybridized carbons (Fsp3) is 0.333. The van der Waals surface area contributed by atoms with E-state index in [9.17, 15) is 12.8 Å². The average Bonchev–Trinajstić information content (AvgIpc) is 2.52. The van der Waals surface area contributed by atoms with Crippen LogP contribution in [0.15, 0.2) is 41.3 Å². The summed E-state index contributed by atoms with van der Waals surface area (Å²) in [7, 11) is -1.17. The van der Waals surface area contributed by atoms with Crippen molar-refractivity contribution in [2.45, 2.75) is 31.1 Å². The lowest BCUT2D eigenvalue weighted by atomic mass is 9.86. The van der Waals surface area contributed by atoms with Crippen LogP contribution in [0.1, 0.15) is 26.3 Å². The molecule has 0 saturated carbocycles. The van der Waals surface area contributed by atoms with Crippen LogP contribution in [0.25, 0.3) is 0 Å². The molecule has 2 aromatic rings. The molecular weight excluding hydrogens is 345 g/mol.